The SMILES string of the molecule is CCCC1(CNC(=O)c2ccc3c(c2)CCN3)CC1. The first-order valence-electron chi connectivity index (χ1n) is 7.37. The monoisotopic (exact) mass is 258 g/mol. The lowest BCUT2D eigenvalue weighted by Gasteiger charge is -2.15. The minimum absolute atomic E-state index is 0.0806. The van der Waals surface area contributed by atoms with E-state index in [2.05, 4.69) is 17.6 Å². The standard InChI is InChI=1S/C16H22N2O/c1-2-6-16(7-8-16)11-18-15(19)13-3-4-14-12(10-13)5-9-17-14/h3-4,10,17H,2,5-9,11H2,1H3,(H,18,19). The van der Waals surface area contributed by atoms with Crippen molar-refractivity contribution in [1.29, 1.82) is 0 Å². The van der Waals surface area contributed by atoms with Crippen molar-refractivity contribution < 1.29 is 4.79 Å². The minimum atomic E-state index is 0.0806. The van der Waals surface area contributed by atoms with Gasteiger partial charge in [0.25, 0.3) is 5.91 Å². The first-order chi connectivity index (χ1) is 9.22. The van der Waals surface area contributed by atoms with E-state index in [0.717, 1.165) is 25.1 Å². The first-order valence-corrected chi connectivity index (χ1v) is 7.37. The number of nitrogens with one attached hydrogen (secondary N) is 2. The van der Waals surface area contributed by atoms with Crippen molar-refractivity contribution in [3.63, 3.8) is 0 Å². The normalized spacial score (nSPS) is 18.6. The number of benzene rings is 1. The van der Waals surface area contributed by atoms with Gasteiger partial charge in [-0.1, -0.05) is 13.3 Å². The van der Waals surface area contributed by atoms with E-state index < -0.39 is 0 Å². The zero-order valence-corrected chi connectivity index (χ0v) is 11.6. The van der Waals surface area contributed by atoms with Crippen molar-refractivity contribution in [2.45, 2.75) is 39.0 Å². The molecular formula is C16H22N2O. The van der Waals surface area contributed by atoms with Crippen LogP contribution in [0, 0.1) is 5.41 Å². The van der Waals surface area contributed by atoms with Crippen LogP contribution in [0.1, 0.15) is 48.5 Å². The predicted octanol–water partition coefficient (Wildman–Crippen LogP) is 2.96. The number of amides is 1. The molecule has 2 N–H and O–H groups in total. The summed E-state index contributed by atoms with van der Waals surface area (Å²) in [6, 6.07) is 5.98. The average molecular weight is 258 g/mol. The molecule has 2 aliphatic rings. The molecule has 0 saturated heterocycles. The van der Waals surface area contributed by atoms with Crippen LogP contribution in [0.5, 0.6) is 0 Å². The number of hydrogen-bond donors (Lipinski definition) is 2. The Morgan fingerprint density at radius 3 is 3.00 bits per heavy atom. The Hall–Kier alpha value is -1.51. The van der Waals surface area contributed by atoms with Crippen LogP contribution in [-0.4, -0.2) is 19.0 Å². The summed E-state index contributed by atoms with van der Waals surface area (Å²) in [6.07, 6.45) is 6.02. The molecule has 1 fully saturated rings. The highest BCUT2D eigenvalue weighted by Gasteiger charge is 2.41. The Morgan fingerprint density at radius 1 is 1.42 bits per heavy atom. The lowest BCUT2D eigenvalue weighted by atomic mass is 10.0. The average Bonchev–Trinajstić information content (AvgIpc) is 3.02. The van der Waals surface area contributed by atoms with Crippen LogP contribution in [-0.2, 0) is 6.42 Å². The van der Waals surface area contributed by atoms with Crippen molar-refractivity contribution in [3.05, 3.63) is 29.3 Å². The third kappa shape index (κ3) is 2.60. The zero-order valence-electron chi connectivity index (χ0n) is 11.6. The van der Waals surface area contributed by atoms with Gasteiger partial charge < -0.3 is 10.6 Å². The topological polar surface area (TPSA) is 41.1 Å². The highest BCUT2D eigenvalue weighted by atomic mass is 16.1. The summed E-state index contributed by atoms with van der Waals surface area (Å²) in [7, 11) is 0. The van der Waals surface area contributed by atoms with E-state index >= 15 is 0 Å². The number of carbonyl (C=O) groups is 1. The van der Waals surface area contributed by atoms with Gasteiger partial charge in [-0.05, 0) is 54.9 Å². The van der Waals surface area contributed by atoms with E-state index in [4.69, 9.17) is 0 Å². The maximum Gasteiger partial charge on any atom is 0.251 e. The molecule has 0 spiro atoms. The molecule has 1 aromatic rings. The van der Waals surface area contributed by atoms with E-state index in [1.165, 1.54) is 36.9 Å². The largest absolute Gasteiger partial charge is 0.384 e. The summed E-state index contributed by atoms with van der Waals surface area (Å²) in [4.78, 5) is 12.2. The van der Waals surface area contributed by atoms with Crippen LogP contribution in [0.15, 0.2) is 18.2 Å². The van der Waals surface area contributed by atoms with Crippen molar-refractivity contribution in [3.8, 4) is 0 Å². The van der Waals surface area contributed by atoms with Crippen LogP contribution in [0.2, 0.25) is 0 Å². The highest BCUT2D eigenvalue weighted by Crippen LogP contribution is 2.48. The Labute approximate surface area is 114 Å². The Bertz CT molecular complexity index is 492. The van der Waals surface area contributed by atoms with Crippen molar-refractivity contribution in [1.82, 2.24) is 5.32 Å². The van der Waals surface area contributed by atoms with Gasteiger partial charge in [0.05, 0.1) is 0 Å². The van der Waals surface area contributed by atoms with Gasteiger partial charge in [0.1, 0.15) is 0 Å². The molecule has 1 aromatic carbocycles. The molecule has 0 atom stereocenters. The van der Waals surface area contributed by atoms with E-state index in [1.54, 1.807) is 0 Å². The van der Waals surface area contributed by atoms with Gasteiger partial charge in [-0.25, -0.2) is 0 Å². The quantitative estimate of drug-likeness (QED) is 0.852. The third-order valence-corrected chi connectivity index (χ3v) is 4.44. The molecule has 1 heterocycles. The van der Waals surface area contributed by atoms with E-state index in [0.29, 0.717) is 5.41 Å². The number of hydrogen-bond acceptors (Lipinski definition) is 2. The fraction of sp³-hybridized carbons (Fsp3) is 0.562. The van der Waals surface area contributed by atoms with Gasteiger partial charge >= 0.3 is 0 Å². The molecule has 19 heavy (non-hydrogen) atoms. The van der Waals surface area contributed by atoms with Crippen molar-refractivity contribution in [2.24, 2.45) is 5.41 Å². The van der Waals surface area contributed by atoms with E-state index in [1.807, 2.05) is 18.2 Å². The molecule has 0 unspecified atom stereocenters. The van der Waals surface area contributed by atoms with Gasteiger partial charge in [0, 0.05) is 24.3 Å². The molecular weight excluding hydrogens is 236 g/mol. The number of fused-ring (bicyclic) bond motifs is 1. The predicted molar refractivity (Wildman–Crippen MR) is 77.5 cm³/mol. The van der Waals surface area contributed by atoms with Crippen LogP contribution < -0.4 is 10.6 Å². The van der Waals surface area contributed by atoms with E-state index in [-0.39, 0.29) is 5.91 Å². The molecule has 1 amide bonds. The van der Waals surface area contributed by atoms with Crippen LogP contribution in [0.4, 0.5) is 5.69 Å². The second-order valence-corrected chi connectivity index (χ2v) is 5.98. The summed E-state index contributed by atoms with van der Waals surface area (Å²) in [6.45, 7) is 4.05. The van der Waals surface area contributed by atoms with Gasteiger partial charge in [0.15, 0.2) is 0 Å². The fourth-order valence-corrected chi connectivity index (χ4v) is 3.04. The molecule has 102 valence electrons. The molecule has 0 bridgehead atoms. The Kier molecular flexibility index (Phi) is 3.21. The summed E-state index contributed by atoms with van der Waals surface area (Å²) >= 11 is 0. The summed E-state index contributed by atoms with van der Waals surface area (Å²) < 4.78 is 0. The molecule has 3 rings (SSSR count). The second kappa shape index (κ2) is 4.87. The molecule has 1 aliphatic heterocycles. The minimum Gasteiger partial charge on any atom is -0.384 e. The number of carbonyl (C=O) groups excluding carboxylic acids is 1. The van der Waals surface area contributed by atoms with Crippen LogP contribution >= 0.6 is 0 Å². The smallest absolute Gasteiger partial charge is 0.251 e. The molecule has 0 radical (unpaired) electrons. The van der Waals surface area contributed by atoms with E-state index in [9.17, 15) is 4.79 Å². The lowest BCUT2D eigenvalue weighted by Crippen LogP contribution is -2.30. The first kappa shape index (κ1) is 12.5. The molecule has 1 aliphatic carbocycles. The molecule has 3 nitrogen and oxygen atoms in total. The molecule has 0 aromatic heterocycles. The number of rotatable bonds is 5. The van der Waals surface area contributed by atoms with Crippen LogP contribution in [0.25, 0.3) is 0 Å². The number of anilines is 1. The second-order valence-electron chi connectivity index (χ2n) is 5.98. The maximum absolute atomic E-state index is 12.2. The third-order valence-electron chi connectivity index (χ3n) is 4.44. The Balaban J connectivity index is 1.61. The maximum atomic E-state index is 12.2. The van der Waals surface area contributed by atoms with Gasteiger partial charge in [-0.3, -0.25) is 4.79 Å². The fourth-order valence-electron chi connectivity index (χ4n) is 3.04. The van der Waals surface area contributed by atoms with Gasteiger partial charge in [-0.2, -0.15) is 0 Å². The van der Waals surface area contributed by atoms with Gasteiger partial charge in [0.2, 0.25) is 0 Å². The lowest BCUT2D eigenvalue weighted by molar-refractivity contribution is 0.0943. The summed E-state index contributed by atoms with van der Waals surface area (Å²) in [5.74, 6) is 0.0806. The highest BCUT2D eigenvalue weighted by molar-refractivity contribution is 5.95. The summed E-state index contributed by atoms with van der Waals surface area (Å²) in [5, 5.41) is 6.44. The Morgan fingerprint density at radius 2 is 2.26 bits per heavy atom. The van der Waals surface area contributed by atoms with Crippen molar-refractivity contribution >= 4 is 11.6 Å². The molecule has 3 heteroatoms. The van der Waals surface area contributed by atoms with Crippen LogP contribution in [0.3, 0.4) is 0 Å². The zero-order chi connectivity index (χ0) is 13.3. The summed E-state index contributed by atoms with van der Waals surface area (Å²) in [5.41, 5.74) is 3.67. The van der Waals surface area contributed by atoms with Crippen molar-refractivity contribution in [2.75, 3.05) is 18.4 Å². The molecule has 1 saturated carbocycles. The van der Waals surface area contributed by atoms with Gasteiger partial charge in [-0.15, -0.1) is 0 Å².